The Morgan fingerprint density at radius 2 is 2.12 bits per heavy atom. The standard InChI is InChI=1S/C13H24N2O2/c1-15(6-7-17-9-10-2-3-10)13(16)11-4-5-12(14)8-11/h10-12H,2-9,14H2,1H3. The first-order valence-electron chi connectivity index (χ1n) is 6.75. The van der Waals surface area contributed by atoms with Gasteiger partial charge in [-0.2, -0.15) is 0 Å². The highest BCUT2D eigenvalue weighted by Crippen LogP contribution is 2.28. The quantitative estimate of drug-likeness (QED) is 0.705. The molecule has 2 unspecified atom stereocenters. The van der Waals surface area contributed by atoms with Crippen molar-refractivity contribution in [2.24, 2.45) is 17.6 Å². The third-order valence-corrected chi connectivity index (χ3v) is 3.82. The third kappa shape index (κ3) is 3.96. The van der Waals surface area contributed by atoms with Crippen LogP contribution in [0.5, 0.6) is 0 Å². The van der Waals surface area contributed by atoms with Crippen LogP contribution in [0.2, 0.25) is 0 Å². The van der Waals surface area contributed by atoms with E-state index in [1.54, 1.807) is 4.90 Å². The average Bonchev–Trinajstić information content (AvgIpc) is 3.04. The molecular formula is C13H24N2O2. The second kappa shape index (κ2) is 5.83. The molecular weight excluding hydrogens is 216 g/mol. The van der Waals surface area contributed by atoms with Crippen molar-refractivity contribution in [1.82, 2.24) is 4.90 Å². The highest BCUT2D eigenvalue weighted by molar-refractivity contribution is 5.78. The van der Waals surface area contributed by atoms with Gasteiger partial charge < -0.3 is 15.4 Å². The topological polar surface area (TPSA) is 55.6 Å². The van der Waals surface area contributed by atoms with E-state index in [0.29, 0.717) is 13.2 Å². The summed E-state index contributed by atoms with van der Waals surface area (Å²) in [7, 11) is 1.87. The summed E-state index contributed by atoms with van der Waals surface area (Å²) in [5.74, 6) is 1.19. The molecule has 0 aromatic heterocycles. The van der Waals surface area contributed by atoms with E-state index in [0.717, 1.165) is 31.8 Å². The predicted molar refractivity (Wildman–Crippen MR) is 66.5 cm³/mol. The van der Waals surface area contributed by atoms with E-state index in [4.69, 9.17) is 10.5 Å². The van der Waals surface area contributed by atoms with Gasteiger partial charge in [0.1, 0.15) is 0 Å². The Balaban J connectivity index is 1.60. The summed E-state index contributed by atoms with van der Waals surface area (Å²) < 4.78 is 5.54. The van der Waals surface area contributed by atoms with E-state index >= 15 is 0 Å². The summed E-state index contributed by atoms with van der Waals surface area (Å²) in [4.78, 5) is 13.8. The lowest BCUT2D eigenvalue weighted by molar-refractivity contribution is -0.134. The molecule has 0 heterocycles. The number of carbonyl (C=O) groups is 1. The second-order valence-corrected chi connectivity index (χ2v) is 5.55. The smallest absolute Gasteiger partial charge is 0.225 e. The minimum atomic E-state index is 0.151. The molecule has 4 nitrogen and oxygen atoms in total. The van der Waals surface area contributed by atoms with Crippen LogP contribution in [-0.2, 0) is 9.53 Å². The van der Waals surface area contributed by atoms with Crippen molar-refractivity contribution in [3.8, 4) is 0 Å². The Hall–Kier alpha value is -0.610. The van der Waals surface area contributed by atoms with Crippen LogP contribution in [0.1, 0.15) is 32.1 Å². The highest BCUT2D eigenvalue weighted by Gasteiger charge is 2.29. The van der Waals surface area contributed by atoms with Gasteiger partial charge in [0, 0.05) is 32.2 Å². The number of amides is 1. The molecule has 98 valence electrons. The van der Waals surface area contributed by atoms with Crippen molar-refractivity contribution in [1.29, 1.82) is 0 Å². The summed E-state index contributed by atoms with van der Waals surface area (Å²) in [6, 6.07) is 0.225. The molecule has 0 aromatic carbocycles. The maximum atomic E-state index is 12.0. The molecule has 17 heavy (non-hydrogen) atoms. The summed E-state index contributed by atoms with van der Waals surface area (Å²) >= 11 is 0. The Kier molecular flexibility index (Phi) is 4.40. The van der Waals surface area contributed by atoms with Crippen LogP contribution in [-0.4, -0.2) is 43.7 Å². The molecule has 0 saturated heterocycles. The van der Waals surface area contributed by atoms with Gasteiger partial charge in [-0.05, 0) is 38.0 Å². The molecule has 2 N–H and O–H groups in total. The van der Waals surface area contributed by atoms with Gasteiger partial charge >= 0.3 is 0 Å². The van der Waals surface area contributed by atoms with Crippen molar-refractivity contribution in [3.05, 3.63) is 0 Å². The van der Waals surface area contributed by atoms with Gasteiger partial charge in [0.2, 0.25) is 5.91 Å². The first-order chi connectivity index (χ1) is 8.16. The number of nitrogens with zero attached hydrogens (tertiary/aromatic N) is 1. The maximum absolute atomic E-state index is 12.0. The second-order valence-electron chi connectivity index (χ2n) is 5.55. The van der Waals surface area contributed by atoms with E-state index in [2.05, 4.69) is 0 Å². The molecule has 0 aliphatic heterocycles. The molecule has 2 atom stereocenters. The zero-order valence-corrected chi connectivity index (χ0v) is 10.7. The molecule has 0 radical (unpaired) electrons. The van der Waals surface area contributed by atoms with Crippen molar-refractivity contribution in [3.63, 3.8) is 0 Å². The van der Waals surface area contributed by atoms with Gasteiger partial charge in [0.15, 0.2) is 0 Å². The van der Waals surface area contributed by atoms with Gasteiger partial charge in [0.05, 0.1) is 6.61 Å². The number of hydrogen-bond acceptors (Lipinski definition) is 3. The minimum Gasteiger partial charge on any atom is -0.379 e. The molecule has 2 saturated carbocycles. The van der Waals surface area contributed by atoms with Crippen LogP contribution < -0.4 is 5.73 Å². The summed E-state index contributed by atoms with van der Waals surface area (Å²) in [5.41, 5.74) is 5.83. The van der Waals surface area contributed by atoms with E-state index in [9.17, 15) is 4.79 Å². The van der Waals surface area contributed by atoms with Gasteiger partial charge in [-0.15, -0.1) is 0 Å². The fraction of sp³-hybridized carbons (Fsp3) is 0.923. The lowest BCUT2D eigenvalue weighted by atomic mass is 10.1. The van der Waals surface area contributed by atoms with Crippen molar-refractivity contribution >= 4 is 5.91 Å². The van der Waals surface area contributed by atoms with Crippen molar-refractivity contribution in [2.45, 2.75) is 38.1 Å². The summed E-state index contributed by atoms with van der Waals surface area (Å²) in [6.45, 7) is 2.24. The minimum absolute atomic E-state index is 0.151. The van der Waals surface area contributed by atoms with Gasteiger partial charge in [-0.1, -0.05) is 0 Å². The lowest BCUT2D eigenvalue weighted by Crippen LogP contribution is -2.35. The number of hydrogen-bond donors (Lipinski definition) is 1. The van der Waals surface area contributed by atoms with Crippen molar-refractivity contribution in [2.75, 3.05) is 26.8 Å². The first kappa shape index (κ1) is 12.8. The van der Waals surface area contributed by atoms with Crippen LogP contribution in [0.15, 0.2) is 0 Å². The molecule has 4 heteroatoms. The van der Waals surface area contributed by atoms with E-state index in [-0.39, 0.29) is 17.9 Å². The van der Waals surface area contributed by atoms with E-state index < -0.39 is 0 Å². The summed E-state index contributed by atoms with van der Waals surface area (Å²) in [5, 5.41) is 0. The Morgan fingerprint density at radius 3 is 2.71 bits per heavy atom. The highest BCUT2D eigenvalue weighted by atomic mass is 16.5. The SMILES string of the molecule is CN(CCOCC1CC1)C(=O)C1CCC(N)C1. The molecule has 0 aromatic rings. The Morgan fingerprint density at radius 1 is 1.35 bits per heavy atom. The molecule has 0 spiro atoms. The van der Waals surface area contributed by atoms with E-state index in [1.807, 2.05) is 7.05 Å². The monoisotopic (exact) mass is 240 g/mol. The normalized spacial score (nSPS) is 28.4. The predicted octanol–water partition coefficient (Wildman–Crippen LogP) is 0.999. The molecule has 0 bridgehead atoms. The zero-order valence-electron chi connectivity index (χ0n) is 10.7. The van der Waals surface area contributed by atoms with E-state index in [1.165, 1.54) is 12.8 Å². The molecule has 2 aliphatic rings. The van der Waals surface area contributed by atoms with Gasteiger partial charge in [-0.25, -0.2) is 0 Å². The van der Waals surface area contributed by atoms with Crippen LogP contribution in [0.3, 0.4) is 0 Å². The number of likely N-dealkylation sites (N-methyl/N-ethyl adjacent to an activating group) is 1. The molecule has 2 aliphatic carbocycles. The number of ether oxygens (including phenoxy) is 1. The number of nitrogens with two attached hydrogens (primary N) is 1. The zero-order chi connectivity index (χ0) is 12.3. The van der Waals surface area contributed by atoms with Crippen LogP contribution in [0.25, 0.3) is 0 Å². The van der Waals surface area contributed by atoms with Gasteiger partial charge in [-0.3, -0.25) is 4.79 Å². The fourth-order valence-corrected chi connectivity index (χ4v) is 2.40. The summed E-state index contributed by atoms with van der Waals surface area (Å²) in [6.07, 6.45) is 5.42. The molecule has 2 fully saturated rings. The first-order valence-corrected chi connectivity index (χ1v) is 6.75. The molecule has 2 rings (SSSR count). The van der Waals surface area contributed by atoms with Crippen LogP contribution in [0.4, 0.5) is 0 Å². The third-order valence-electron chi connectivity index (χ3n) is 3.82. The number of rotatable bonds is 6. The van der Waals surface area contributed by atoms with Crippen molar-refractivity contribution < 1.29 is 9.53 Å². The molecule has 1 amide bonds. The fourth-order valence-electron chi connectivity index (χ4n) is 2.40. The Labute approximate surface area is 103 Å². The Bertz CT molecular complexity index is 266. The van der Waals surface area contributed by atoms with Crippen LogP contribution >= 0.6 is 0 Å². The average molecular weight is 240 g/mol. The van der Waals surface area contributed by atoms with Gasteiger partial charge in [0.25, 0.3) is 0 Å². The van der Waals surface area contributed by atoms with Crippen LogP contribution in [0, 0.1) is 11.8 Å². The largest absolute Gasteiger partial charge is 0.379 e. The number of carbonyl (C=O) groups excluding carboxylic acids is 1. The lowest BCUT2D eigenvalue weighted by Gasteiger charge is -2.21. The maximum Gasteiger partial charge on any atom is 0.225 e.